The number of benzene rings is 4. The Morgan fingerprint density at radius 1 is 0.757 bits per heavy atom. The number of amides is 1. The third kappa shape index (κ3) is 22.1. The van der Waals surface area contributed by atoms with E-state index < -0.39 is 36.2 Å². The normalized spacial score (nSPS) is 9.85. The second kappa shape index (κ2) is 34.6. The number of halogens is 4. The molecule has 2 aromatic heterocycles. The second-order valence-corrected chi connectivity index (χ2v) is 17.2. The number of carbonyl (C=O) groups is 1. The molecule has 34 heteroatoms. The van der Waals surface area contributed by atoms with Gasteiger partial charge < -0.3 is 27.4 Å². The fraction of sp³-hybridized carbons (Fsp3) is 0.0500. The summed E-state index contributed by atoms with van der Waals surface area (Å²) in [5.74, 6) is -0.306. The number of aromatic nitrogens is 1. The first-order valence-corrected chi connectivity index (χ1v) is 23.7. The van der Waals surface area contributed by atoms with Crippen LogP contribution < -0.4 is 91.4 Å². The molecule has 0 saturated carbocycles. The maximum absolute atomic E-state index is 12.2. The van der Waals surface area contributed by atoms with Gasteiger partial charge in [0, 0.05) is 22.5 Å². The van der Waals surface area contributed by atoms with Gasteiger partial charge in [0.15, 0.2) is 16.7 Å². The first kappa shape index (κ1) is 71.1. The van der Waals surface area contributed by atoms with Gasteiger partial charge in [-0.15, -0.1) is 82.4 Å². The Bertz CT molecular complexity index is 3470. The zero-order valence-electron chi connectivity index (χ0n) is 38.5. The minimum Gasteiger partial charge on any atom is -0.744 e. The Kier molecular flexibility index (Phi) is 33.3. The molecule has 22 nitrogen and oxygen atoms in total. The standard InChI is InChI=1S/C39H23Cl4N10O4S2.CO2.4Li.2O3S/c1-3-33(54)46-25-6-4-5-21(15-25)34-28(19-45)38(58-39(34)53-50-31-16-23(41)9-13-29(31)42)52-51-35-20(2)27(18-44)36(49-37(35)47-24-10-7-22(40)8-11-24)48-26-12-14-30(43)32(17-26)59(55,56)57;2-1-3;;;;;2*1-4(2)3/h4-7,10-17H,1,3H2,2H3,(H,46,54)(H2,47,48,49)(H,55,56,57);;;;;;;/q-3;;4*+1;;/p-1. The maximum Gasteiger partial charge on any atom is 1.00 e. The molecule has 74 heavy (non-hydrogen) atoms. The van der Waals surface area contributed by atoms with Crippen molar-refractivity contribution in [3.05, 3.63) is 129 Å². The average Bonchev–Trinajstić information content (AvgIpc) is 3.64. The van der Waals surface area contributed by atoms with Crippen molar-refractivity contribution in [1.29, 1.82) is 10.5 Å². The fourth-order valence-electron chi connectivity index (χ4n) is 5.26. The minimum absolute atomic E-state index is 0. The molecule has 0 aliphatic rings. The molecule has 0 spiro atoms. The van der Waals surface area contributed by atoms with Gasteiger partial charge in [0.05, 0.1) is 15.5 Å². The van der Waals surface area contributed by atoms with Gasteiger partial charge in [0.25, 0.3) is 0 Å². The number of anilines is 5. The molecule has 6 aromatic rings. The third-order valence-electron chi connectivity index (χ3n) is 8.01. The van der Waals surface area contributed by atoms with E-state index in [0.29, 0.717) is 27.5 Å². The number of hydrogen-bond donors (Lipinski definition) is 3. The molecule has 360 valence electrons. The van der Waals surface area contributed by atoms with Crippen LogP contribution in [0.25, 0.3) is 11.1 Å². The Morgan fingerprint density at radius 3 is 1.88 bits per heavy atom. The second-order valence-electron chi connectivity index (χ2n) is 12.4. The molecule has 0 bridgehead atoms. The Morgan fingerprint density at radius 2 is 1.32 bits per heavy atom. The van der Waals surface area contributed by atoms with E-state index >= 15 is 0 Å². The van der Waals surface area contributed by atoms with Crippen LogP contribution in [0.4, 0.5) is 50.1 Å². The summed E-state index contributed by atoms with van der Waals surface area (Å²) < 4.78 is 86.2. The van der Waals surface area contributed by atoms with E-state index in [1.54, 1.807) is 49.4 Å². The summed E-state index contributed by atoms with van der Waals surface area (Å²) in [7, 11) is -11.2. The van der Waals surface area contributed by atoms with E-state index in [9.17, 15) is 28.3 Å². The molecular formula is C40H22Cl4Li4N10O12S4. The zero-order chi connectivity index (χ0) is 52.3. The van der Waals surface area contributed by atoms with E-state index in [1.165, 1.54) is 24.3 Å². The van der Waals surface area contributed by atoms with Crippen molar-refractivity contribution in [2.24, 2.45) is 20.5 Å². The smallest absolute Gasteiger partial charge is 0.744 e. The molecule has 0 aliphatic heterocycles. The van der Waals surface area contributed by atoms with Gasteiger partial charge in [-0.1, -0.05) is 50.8 Å². The van der Waals surface area contributed by atoms with E-state index in [-0.39, 0.29) is 164 Å². The topological polar surface area (TPSA) is 357 Å². The summed E-state index contributed by atoms with van der Waals surface area (Å²) in [5.41, 5.74) is 2.38. The molecule has 0 aliphatic carbocycles. The third-order valence-corrected chi connectivity index (χ3v) is 11.0. The summed E-state index contributed by atoms with van der Waals surface area (Å²) in [6.07, 6.45) is 0.244. The van der Waals surface area contributed by atoms with Gasteiger partial charge in [-0.05, 0) is 53.5 Å². The number of carbonyl (C=O) groups excluding carboxylic acids is 3. The number of hydrogen-bond acceptors (Lipinski definition) is 22. The van der Waals surface area contributed by atoms with Crippen LogP contribution in [0.2, 0.25) is 20.1 Å². The van der Waals surface area contributed by atoms with Crippen LogP contribution in [0.5, 0.6) is 0 Å². The van der Waals surface area contributed by atoms with Crippen molar-refractivity contribution in [1.82, 2.24) is 4.98 Å². The summed E-state index contributed by atoms with van der Waals surface area (Å²) in [6, 6.07) is 27.9. The van der Waals surface area contributed by atoms with Crippen LogP contribution in [0, 0.1) is 48.6 Å². The molecule has 0 radical (unpaired) electrons. The first-order valence-electron chi connectivity index (χ1n) is 18.0. The van der Waals surface area contributed by atoms with Crippen LogP contribution >= 0.6 is 57.7 Å². The molecule has 0 unspecified atom stereocenters. The van der Waals surface area contributed by atoms with Crippen LogP contribution in [-0.4, -0.2) is 55.3 Å². The monoisotopic (exact) mass is 1130 g/mol. The first-order chi connectivity index (χ1) is 33.1. The number of nitrogens with one attached hydrogen (secondary N) is 3. The van der Waals surface area contributed by atoms with Crippen molar-refractivity contribution in [2.75, 3.05) is 16.0 Å². The summed E-state index contributed by atoms with van der Waals surface area (Å²) in [4.78, 5) is 32.4. The minimum atomic E-state index is -4.95. The Hall–Kier alpha value is -4.94. The van der Waals surface area contributed by atoms with Gasteiger partial charge in [-0.3, -0.25) is 4.79 Å². The van der Waals surface area contributed by atoms with Gasteiger partial charge in [0.2, 0.25) is 0 Å². The van der Waals surface area contributed by atoms with Crippen LogP contribution in [0.1, 0.15) is 23.1 Å². The molecule has 0 saturated heterocycles. The van der Waals surface area contributed by atoms with Crippen molar-refractivity contribution in [3.8, 4) is 23.3 Å². The fourth-order valence-corrected chi connectivity index (χ4v) is 7.58. The van der Waals surface area contributed by atoms with E-state index in [2.05, 4.69) is 72.6 Å². The number of thiophene rings is 1. The molecular weight excluding hydrogens is 1110 g/mol. The quantitative estimate of drug-likeness (QED) is 0.0511. The van der Waals surface area contributed by atoms with Crippen molar-refractivity contribution in [3.63, 3.8) is 0 Å². The van der Waals surface area contributed by atoms with E-state index in [4.69, 9.17) is 81.2 Å². The summed E-state index contributed by atoms with van der Waals surface area (Å²) in [5, 5.41) is 48.2. The predicted octanol–water partition coefficient (Wildman–Crippen LogP) is -2.12. The predicted molar refractivity (Wildman–Crippen MR) is 251 cm³/mol. The largest absolute Gasteiger partial charge is 1.00 e. The van der Waals surface area contributed by atoms with Gasteiger partial charge in [-0.25, -0.2) is 13.4 Å². The Balaban J connectivity index is 0. The van der Waals surface area contributed by atoms with Crippen molar-refractivity contribution in [2.45, 2.75) is 18.2 Å². The molecule has 2 heterocycles. The molecule has 0 atom stereocenters. The SMILES string of the molecule is O=C=O.O=S(=O)=O.O=S(=O)=O.[CH2-]CC(=O)Nc1cccc(-c2c(N=Nc3cc(Cl)[c-]cc3Cl)sc(N=Nc3c(Nc4c[c-]c(Cl)cc4)nc(Nc4ccc(Cl)c(S(=O)(=O)[O-])c4)c(C#N)c3C)c2C#N)c1.[Li+].[Li+].[Li+].[Li+]. The summed E-state index contributed by atoms with van der Waals surface area (Å²) in [6.45, 7) is 5.19. The number of pyridine rings is 1. The number of nitriles is 2. The van der Waals surface area contributed by atoms with E-state index in [1.807, 2.05) is 0 Å². The van der Waals surface area contributed by atoms with Crippen LogP contribution in [0.15, 0.2) is 98.1 Å². The molecule has 4 aromatic carbocycles. The number of azo groups is 2. The van der Waals surface area contributed by atoms with Crippen molar-refractivity contribution >= 4 is 151 Å². The number of nitrogens with zero attached hydrogens (tertiary/aromatic N) is 7. The Labute approximate surface area is 496 Å². The van der Waals surface area contributed by atoms with Crippen LogP contribution in [0.3, 0.4) is 0 Å². The van der Waals surface area contributed by atoms with Crippen LogP contribution in [-0.2, 0) is 45.7 Å². The van der Waals surface area contributed by atoms with Gasteiger partial charge in [-0.2, -0.15) is 67.2 Å². The molecule has 1 amide bonds. The molecule has 3 N–H and O–H groups in total. The van der Waals surface area contributed by atoms with Gasteiger partial charge in [0.1, 0.15) is 44.3 Å². The van der Waals surface area contributed by atoms with E-state index in [0.717, 1.165) is 17.4 Å². The molecule has 0 fully saturated rings. The molecule has 6 rings (SSSR count). The summed E-state index contributed by atoms with van der Waals surface area (Å²) >= 11 is 25.5. The zero-order valence-corrected chi connectivity index (χ0v) is 44.8. The maximum atomic E-state index is 12.2. The number of rotatable bonds is 12. The van der Waals surface area contributed by atoms with Gasteiger partial charge >= 0.3 is 103 Å². The average molecular weight is 1130 g/mol. The van der Waals surface area contributed by atoms with Crippen molar-refractivity contribution < 1.29 is 128 Å².